The van der Waals surface area contributed by atoms with Crippen LogP contribution in [0.1, 0.15) is 23.4 Å². The molecule has 0 spiro atoms. The van der Waals surface area contributed by atoms with Gasteiger partial charge in [-0.05, 0) is 0 Å². The molecule has 0 atom stereocenters. The Bertz CT molecular complexity index is 437. The standard InChI is InChI=1S/C8H6F5NO2/c9-7(10)4-1-5(16)3(2-15)6(14-4)8(11,12)13/h1,7,15H,2H2,(H,14,16). The average Bonchev–Trinajstić information content (AvgIpc) is 2.14. The van der Waals surface area contributed by atoms with Crippen molar-refractivity contribution in [2.75, 3.05) is 0 Å². The van der Waals surface area contributed by atoms with Crippen molar-refractivity contribution in [2.24, 2.45) is 0 Å². The number of halogens is 5. The van der Waals surface area contributed by atoms with E-state index >= 15 is 0 Å². The quantitative estimate of drug-likeness (QED) is 0.778. The van der Waals surface area contributed by atoms with Crippen molar-refractivity contribution in [1.29, 1.82) is 0 Å². The van der Waals surface area contributed by atoms with Crippen molar-refractivity contribution in [1.82, 2.24) is 4.98 Å². The van der Waals surface area contributed by atoms with E-state index in [4.69, 9.17) is 5.11 Å². The number of hydrogen-bond acceptors (Lipinski definition) is 2. The van der Waals surface area contributed by atoms with Crippen LogP contribution in [0.5, 0.6) is 0 Å². The molecule has 2 N–H and O–H groups in total. The van der Waals surface area contributed by atoms with E-state index in [2.05, 4.69) is 0 Å². The van der Waals surface area contributed by atoms with E-state index in [9.17, 15) is 26.7 Å². The molecule has 0 saturated heterocycles. The van der Waals surface area contributed by atoms with Gasteiger partial charge in [0.25, 0.3) is 6.43 Å². The molecule has 0 radical (unpaired) electrons. The first-order valence-electron chi connectivity index (χ1n) is 3.99. The van der Waals surface area contributed by atoms with Crippen molar-refractivity contribution >= 4 is 0 Å². The normalized spacial score (nSPS) is 12.2. The van der Waals surface area contributed by atoms with Crippen molar-refractivity contribution in [3.63, 3.8) is 0 Å². The number of pyridine rings is 1. The zero-order chi connectivity index (χ0) is 12.5. The first-order chi connectivity index (χ1) is 7.27. The molecule has 1 aromatic heterocycles. The third-order valence-electron chi connectivity index (χ3n) is 1.83. The molecule has 8 heteroatoms. The van der Waals surface area contributed by atoms with Crippen LogP contribution in [0.15, 0.2) is 10.9 Å². The van der Waals surface area contributed by atoms with Crippen molar-refractivity contribution in [3.8, 4) is 0 Å². The van der Waals surface area contributed by atoms with Gasteiger partial charge < -0.3 is 10.1 Å². The van der Waals surface area contributed by atoms with E-state index in [0.29, 0.717) is 6.07 Å². The molecule has 0 aromatic carbocycles. The number of alkyl halides is 5. The summed E-state index contributed by atoms with van der Waals surface area (Å²) < 4.78 is 61.3. The summed E-state index contributed by atoms with van der Waals surface area (Å²) in [5.41, 5.74) is -5.02. The Morgan fingerprint density at radius 3 is 2.31 bits per heavy atom. The molecule has 0 amide bonds. The van der Waals surface area contributed by atoms with Crippen LogP contribution in [0.4, 0.5) is 22.0 Å². The number of rotatable bonds is 2. The number of aliphatic hydroxyl groups is 1. The van der Waals surface area contributed by atoms with Crippen LogP contribution in [0.3, 0.4) is 0 Å². The van der Waals surface area contributed by atoms with E-state index in [1.54, 1.807) is 0 Å². The second-order valence-corrected chi connectivity index (χ2v) is 2.90. The topological polar surface area (TPSA) is 53.1 Å². The fourth-order valence-electron chi connectivity index (χ4n) is 1.12. The maximum atomic E-state index is 12.3. The summed E-state index contributed by atoms with van der Waals surface area (Å²) in [5, 5.41) is 8.58. The predicted molar refractivity (Wildman–Crippen MR) is 42.9 cm³/mol. The Morgan fingerprint density at radius 2 is 1.94 bits per heavy atom. The Labute approximate surface area is 85.5 Å². The second-order valence-electron chi connectivity index (χ2n) is 2.90. The largest absolute Gasteiger partial charge is 0.431 e. The van der Waals surface area contributed by atoms with Crippen LogP contribution >= 0.6 is 0 Å². The highest BCUT2D eigenvalue weighted by Gasteiger charge is 2.36. The highest BCUT2D eigenvalue weighted by Crippen LogP contribution is 2.30. The van der Waals surface area contributed by atoms with Gasteiger partial charge in [-0.1, -0.05) is 0 Å². The lowest BCUT2D eigenvalue weighted by Gasteiger charge is -2.12. The van der Waals surface area contributed by atoms with Crippen molar-refractivity contribution in [3.05, 3.63) is 33.2 Å². The molecule has 0 aliphatic carbocycles. The van der Waals surface area contributed by atoms with E-state index in [1.807, 2.05) is 0 Å². The highest BCUT2D eigenvalue weighted by atomic mass is 19.4. The van der Waals surface area contributed by atoms with Gasteiger partial charge in [0.05, 0.1) is 17.9 Å². The summed E-state index contributed by atoms with van der Waals surface area (Å²) in [7, 11) is 0. The molecule has 0 fully saturated rings. The minimum atomic E-state index is -5.00. The van der Waals surface area contributed by atoms with Crippen LogP contribution in [0.25, 0.3) is 0 Å². The highest BCUT2D eigenvalue weighted by molar-refractivity contribution is 5.25. The summed E-state index contributed by atoms with van der Waals surface area (Å²) >= 11 is 0. The number of aliphatic hydroxyl groups excluding tert-OH is 1. The maximum absolute atomic E-state index is 12.3. The Morgan fingerprint density at radius 1 is 1.38 bits per heavy atom. The number of H-pyrrole nitrogens is 1. The molecule has 0 unspecified atom stereocenters. The first-order valence-corrected chi connectivity index (χ1v) is 3.99. The molecule has 1 rings (SSSR count). The van der Waals surface area contributed by atoms with Crippen molar-refractivity contribution < 1.29 is 27.1 Å². The van der Waals surface area contributed by atoms with Gasteiger partial charge in [0.15, 0.2) is 5.43 Å². The van der Waals surface area contributed by atoms with Crippen LogP contribution in [0, 0.1) is 0 Å². The lowest BCUT2D eigenvalue weighted by Crippen LogP contribution is -2.22. The number of hydrogen-bond donors (Lipinski definition) is 2. The fraction of sp³-hybridized carbons (Fsp3) is 0.375. The molecule has 0 bridgehead atoms. The zero-order valence-corrected chi connectivity index (χ0v) is 7.61. The molecular formula is C8H6F5NO2. The summed E-state index contributed by atoms with van der Waals surface area (Å²) in [6.07, 6.45) is -8.22. The lowest BCUT2D eigenvalue weighted by molar-refractivity contribution is -0.142. The number of nitrogens with one attached hydrogen (secondary N) is 1. The zero-order valence-electron chi connectivity index (χ0n) is 7.61. The number of aromatic amines is 1. The maximum Gasteiger partial charge on any atom is 0.431 e. The minimum absolute atomic E-state index is 0.339. The van der Waals surface area contributed by atoms with Gasteiger partial charge in [0, 0.05) is 6.07 Å². The van der Waals surface area contributed by atoms with Crippen LogP contribution in [-0.2, 0) is 12.8 Å². The van der Waals surface area contributed by atoms with E-state index in [1.165, 1.54) is 4.98 Å². The van der Waals surface area contributed by atoms with Gasteiger partial charge in [-0.25, -0.2) is 8.78 Å². The van der Waals surface area contributed by atoms with Crippen molar-refractivity contribution in [2.45, 2.75) is 19.2 Å². The first kappa shape index (κ1) is 12.6. The van der Waals surface area contributed by atoms with Gasteiger partial charge in [-0.2, -0.15) is 13.2 Å². The average molecular weight is 243 g/mol. The summed E-state index contributed by atoms with van der Waals surface area (Å²) in [5.74, 6) is 0. The molecule has 1 heterocycles. The monoisotopic (exact) mass is 243 g/mol. The summed E-state index contributed by atoms with van der Waals surface area (Å²) in [6, 6.07) is 0.339. The minimum Gasteiger partial charge on any atom is -0.391 e. The summed E-state index contributed by atoms with van der Waals surface area (Å²) in [4.78, 5) is 12.4. The lowest BCUT2D eigenvalue weighted by atomic mass is 10.1. The fourth-order valence-corrected chi connectivity index (χ4v) is 1.12. The van der Waals surface area contributed by atoms with Gasteiger partial charge in [-0.3, -0.25) is 4.79 Å². The van der Waals surface area contributed by atoms with E-state index in [0.717, 1.165) is 0 Å². The van der Waals surface area contributed by atoms with Gasteiger partial charge in [0.2, 0.25) is 0 Å². The molecule has 0 saturated carbocycles. The SMILES string of the molecule is O=c1cc(C(F)F)[nH]c(C(F)(F)F)c1CO. The van der Waals surface area contributed by atoms with Crippen LogP contribution < -0.4 is 5.43 Å². The Balaban J connectivity index is 3.50. The van der Waals surface area contributed by atoms with E-state index in [-0.39, 0.29) is 0 Å². The van der Waals surface area contributed by atoms with Crippen LogP contribution in [-0.4, -0.2) is 10.1 Å². The second kappa shape index (κ2) is 4.20. The Kier molecular flexibility index (Phi) is 3.32. The molecule has 3 nitrogen and oxygen atoms in total. The third kappa shape index (κ3) is 2.38. The molecule has 0 aliphatic heterocycles. The van der Waals surface area contributed by atoms with E-state index < -0.39 is 41.6 Å². The van der Waals surface area contributed by atoms with Gasteiger partial charge in [0.1, 0.15) is 5.69 Å². The van der Waals surface area contributed by atoms with Gasteiger partial charge in [-0.15, -0.1) is 0 Å². The molecule has 0 aliphatic rings. The van der Waals surface area contributed by atoms with Crippen LogP contribution in [0.2, 0.25) is 0 Å². The third-order valence-corrected chi connectivity index (χ3v) is 1.83. The molecule has 90 valence electrons. The smallest absolute Gasteiger partial charge is 0.391 e. The molecular weight excluding hydrogens is 237 g/mol. The number of aromatic nitrogens is 1. The predicted octanol–water partition coefficient (Wildman–Crippen LogP) is 1.82. The molecule has 1 aromatic rings. The summed E-state index contributed by atoms with van der Waals surface area (Å²) in [6.45, 7) is -1.17. The Hall–Kier alpha value is -1.44. The molecule has 16 heavy (non-hydrogen) atoms. The van der Waals surface area contributed by atoms with Gasteiger partial charge >= 0.3 is 6.18 Å².